The number of alkyl halides is 3. The molecule has 37 heavy (non-hydrogen) atoms. The second kappa shape index (κ2) is 10.4. The number of carbonyl (C=O) groups excluding carboxylic acids is 3. The third-order valence-corrected chi connectivity index (χ3v) is 5.15. The van der Waals surface area contributed by atoms with E-state index in [2.05, 4.69) is 20.9 Å². The fourth-order valence-electron chi connectivity index (χ4n) is 3.45. The van der Waals surface area contributed by atoms with Gasteiger partial charge in [-0.2, -0.15) is 13.2 Å². The summed E-state index contributed by atoms with van der Waals surface area (Å²) < 4.78 is 51.3. The van der Waals surface area contributed by atoms with Gasteiger partial charge in [0.2, 0.25) is 0 Å². The smallest absolute Gasteiger partial charge is 0.418 e. The minimum absolute atomic E-state index is 0.00865. The van der Waals surface area contributed by atoms with Gasteiger partial charge in [-0.15, -0.1) is 0 Å². The van der Waals surface area contributed by atoms with E-state index < -0.39 is 23.9 Å². The van der Waals surface area contributed by atoms with Crippen LogP contribution < -0.4 is 25.6 Å². The first-order valence-corrected chi connectivity index (χ1v) is 10.8. The zero-order chi connectivity index (χ0) is 26.6. The van der Waals surface area contributed by atoms with Gasteiger partial charge < -0.3 is 25.4 Å². The third-order valence-electron chi connectivity index (χ3n) is 5.15. The van der Waals surface area contributed by atoms with Crippen LogP contribution in [0.2, 0.25) is 0 Å². The van der Waals surface area contributed by atoms with E-state index in [1.165, 1.54) is 37.5 Å². The van der Waals surface area contributed by atoms with Gasteiger partial charge in [0, 0.05) is 30.7 Å². The number of hydrogen-bond donors (Lipinski definition) is 3. The van der Waals surface area contributed by atoms with Crippen LogP contribution in [-0.4, -0.2) is 43.2 Å². The SMILES string of the molecule is CNC(=O)c1cc(Oc2ccc(NC(=O)Nc3ccc(N4CCOC4=O)c(C(F)(F)F)c3)cc2)ccn1. The second-order valence-corrected chi connectivity index (χ2v) is 7.66. The number of urea groups is 1. The molecule has 192 valence electrons. The molecular formula is C24H20F3N5O5. The molecule has 1 saturated heterocycles. The molecule has 1 aromatic heterocycles. The highest BCUT2D eigenvalue weighted by molar-refractivity contribution is 6.00. The van der Waals surface area contributed by atoms with Crippen LogP contribution in [0.3, 0.4) is 0 Å². The van der Waals surface area contributed by atoms with Gasteiger partial charge in [0.15, 0.2) is 0 Å². The molecule has 0 saturated carbocycles. The Morgan fingerprint density at radius 3 is 2.35 bits per heavy atom. The molecule has 1 aliphatic rings. The molecule has 2 aromatic carbocycles. The lowest BCUT2D eigenvalue weighted by Crippen LogP contribution is -2.27. The summed E-state index contributed by atoms with van der Waals surface area (Å²) in [5.74, 6) is 0.413. The minimum Gasteiger partial charge on any atom is -0.457 e. The van der Waals surface area contributed by atoms with Gasteiger partial charge in [-0.25, -0.2) is 9.59 Å². The van der Waals surface area contributed by atoms with E-state index in [4.69, 9.17) is 9.47 Å². The topological polar surface area (TPSA) is 122 Å². The first kappa shape index (κ1) is 25.3. The highest BCUT2D eigenvalue weighted by Gasteiger charge is 2.38. The number of carbonyl (C=O) groups is 3. The van der Waals surface area contributed by atoms with E-state index in [0.29, 0.717) is 17.2 Å². The average Bonchev–Trinajstić information content (AvgIpc) is 3.30. The van der Waals surface area contributed by atoms with Crippen molar-refractivity contribution in [2.45, 2.75) is 6.18 Å². The van der Waals surface area contributed by atoms with Crippen molar-refractivity contribution >= 4 is 35.1 Å². The molecule has 4 amide bonds. The Labute approximate surface area is 208 Å². The Bertz CT molecular complexity index is 1330. The number of rotatable bonds is 6. The van der Waals surface area contributed by atoms with E-state index in [1.54, 1.807) is 18.2 Å². The maximum absolute atomic E-state index is 13.6. The van der Waals surface area contributed by atoms with Crippen molar-refractivity contribution in [3.05, 3.63) is 72.1 Å². The lowest BCUT2D eigenvalue weighted by molar-refractivity contribution is -0.137. The molecule has 1 fully saturated rings. The Morgan fingerprint density at radius 2 is 1.70 bits per heavy atom. The monoisotopic (exact) mass is 515 g/mol. The van der Waals surface area contributed by atoms with E-state index >= 15 is 0 Å². The quantitative estimate of drug-likeness (QED) is 0.431. The zero-order valence-corrected chi connectivity index (χ0v) is 19.3. The molecular weight excluding hydrogens is 495 g/mol. The highest BCUT2D eigenvalue weighted by Crippen LogP contribution is 2.39. The van der Waals surface area contributed by atoms with Crippen molar-refractivity contribution in [1.29, 1.82) is 0 Å². The van der Waals surface area contributed by atoms with Crippen LogP contribution in [0, 0.1) is 0 Å². The highest BCUT2D eigenvalue weighted by atomic mass is 19.4. The predicted molar refractivity (Wildman–Crippen MR) is 127 cm³/mol. The largest absolute Gasteiger partial charge is 0.457 e. The first-order valence-electron chi connectivity index (χ1n) is 10.8. The second-order valence-electron chi connectivity index (χ2n) is 7.66. The first-order chi connectivity index (χ1) is 17.6. The molecule has 10 nitrogen and oxygen atoms in total. The van der Waals surface area contributed by atoms with E-state index in [9.17, 15) is 27.6 Å². The number of anilines is 3. The number of hydrogen-bond acceptors (Lipinski definition) is 6. The molecule has 1 aliphatic heterocycles. The number of pyridine rings is 1. The minimum atomic E-state index is -4.77. The molecule has 0 radical (unpaired) electrons. The van der Waals surface area contributed by atoms with Gasteiger partial charge in [0.05, 0.1) is 17.8 Å². The number of cyclic esters (lactones) is 1. The van der Waals surface area contributed by atoms with Crippen molar-refractivity contribution in [1.82, 2.24) is 10.3 Å². The molecule has 0 aliphatic carbocycles. The van der Waals surface area contributed by atoms with Crippen molar-refractivity contribution in [3.63, 3.8) is 0 Å². The lowest BCUT2D eigenvalue weighted by atomic mass is 10.1. The summed E-state index contributed by atoms with van der Waals surface area (Å²) in [6.45, 7) is -0.0206. The summed E-state index contributed by atoms with van der Waals surface area (Å²) in [6, 6.07) is 11.5. The number of halogens is 3. The van der Waals surface area contributed by atoms with Gasteiger partial charge in [0.25, 0.3) is 5.91 Å². The third kappa shape index (κ3) is 6.07. The van der Waals surface area contributed by atoms with Crippen molar-refractivity contribution in [2.24, 2.45) is 0 Å². The van der Waals surface area contributed by atoms with Crippen LogP contribution in [-0.2, 0) is 10.9 Å². The van der Waals surface area contributed by atoms with Gasteiger partial charge >= 0.3 is 18.3 Å². The number of benzene rings is 2. The molecule has 0 spiro atoms. The standard InChI is InChI=1S/C24H20F3N5O5/c1-28-21(33)19-13-17(8-9-29-19)37-16-5-2-14(3-6-16)30-22(34)31-15-4-7-20(18(12-15)24(25,26)27)32-10-11-36-23(32)35/h2-9,12-13H,10-11H2,1H3,(H,28,33)(H2,30,31,34). The van der Waals surface area contributed by atoms with Crippen LogP contribution in [0.4, 0.5) is 39.8 Å². The maximum Gasteiger partial charge on any atom is 0.418 e. The van der Waals surface area contributed by atoms with Gasteiger partial charge in [-0.1, -0.05) is 0 Å². The van der Waals surface area contributed by atoms with Crippen LogP contribution in [0.15, 0.2) is 60.8 Å². The lowest BCUT2D eigenvalue weighted by Gasteiger charge is -2.20. The zero-order valence-electron chi connectivity index (χ0n) is 19.3. The molecule has 13 heteroatoms. The number of nitrogens with zero attached hydrogens (tertiary/aromatic N) is 2. The molecule has 0 unspecified atom stereocenters. The molecule has 0 atom stereocenters. The Kier molecular flexibility index (Phi) is 7.13. The Balaban J connectivity index is 1.41. The Morgan fingerprint density at radius 1 is 1.00 bits per heavy atom. The van der Waals surface area contributed by atoms with Crippen LogP contribution in [0.5, 0.6) is 11.5 Å². The number of nitrogens with one attached hydrogen (secondary N) is 3. The van der Waals surface area contributed by atoms with E-state index in [-0.39, 0.29) is 36.1 Å². The van der Waals surface area contributed by atoms with Crippen molar-refractivity contribution in [3.8, 4) is 11.5 Å². The van der Waals surface area contributed by atoms with Crippen molar-refractivity contribution < 1.29 is 37.0 Å². The maximum atomic E-state index is 13.6. The molecule has 2 heterocycles. The average molecular weight is 515 g/mol. The summed E-state index contributed by atoms with van der Waals surface area (Å²) in [5.41, 5.74) is -1.03. The van der Waals surface area contributed by atoms with Crippen LogP contribution in [0.1, 0.15) is 16.1 Å². The summed E-state index contributed by atoms with van der Waals surface area (Å²) in [5, 5.41) is 7.33. The summed E-state index contributed by atoms with van der Waals surface area (Å²) in [7, 11) is 1.48. The number of ether oxygens (including phenoxy) is 2. The fraction of sp³-hybridized carbons (Fsp3) is 0.167. The molecule has 3 aromatic rings. The number of amides is 4. The fourth-order valence-corrected chi connectivity index (χ4v) is 3.45. The van der Waals surface area contributed by atoms with E-state index in [0.717, 1.165) is 17.0 Å². The number of aromatic nitrogens is 1. The Hall–Kier alpha value is -4.81. The molecule has 4 rings (SSSR count). The van der Waals surface area contributed by atoms with Gasteiger partial charge in [-0.05, 0) is 48.5 Å². The van der Waals surface area contributed by atoms with Crippen molar-refractivity contribution in [2.75, 3.05) is 35.7 Å². The van der Waals surface area contributed by atoms with Crippen LogP contribution >= 0.6 is 0 Å². The van der Waals surface area contributed by atoms with E-state index in [1.807, 2.05) is 0 Å². The van der Waals surface area contributed by atoms with Gasteiger partial charge in [-0.3, -0.25) is 14.7 Å². The molecule has 3 N–H and O–H groups in total. The normalized spacial score (nSPS) is 13.1. The van der Waals surface area contributed by atoms with Gasteiger partial charge in [0.1, 0.15) is 23.8 Å². The summed E-state index contributed by atoms with van der Waals surface area (Å²) in [6.07, 6.45) is -4.21. The summed E-state index contributed by atoms with van der Waals surface area (Å²) >= 11 is 0. The molecule has 0 bridgehead atoms. The predicted octanol–water partition coefficient (Wildman–Crippen LogP) is 4.85. The van der Waals surface area contributed by atoms with Crippen LogP contribution in [0.25, 0.3) is 0 Å². The summed E-state index contributed by atoms with van der Waals surface area (Å²) in [4.78, 5) is 40.6.